The number of benzene rings is 1. The van der Waals surface area contributed by atoms with Crippen molar-refractivity contribution in [2.45, 2.75) is 20.3 Å². The Morgan fingerprint density at radius 1 is 1.15 bits per heavy atom. The van der Waals surface area contributed by atoms with Gasteiger partial charge in [0.15, 0.2) is 0 Å². The van der Waals surface area contributed by atoms with Crippen LogP contribution in [0.1, 0.15) is 29.9 Å². The third kappa shape index (κ3) is 3.85. The largest absolute Gasteiger partial charge is 0.339 e. The molecule has 8 heteroatoms. The SMILES string of the molecule is CC(C)CC(=O)N1CCN(C(=O)c2cc3cc([N+](=O)[O-])ccc3s2)CC1. The van der Waals surface area contributed by atoms with E-state index in [1.807, 2.05) is 18.7 Å². The Bertz CT molecular complexity index is 853. The number of hydrogen-bond acceptors (Lipinski definition) is 5. The molecule has 0 spiro atoms. The molecule has 1 aliphatic heterocycles. The molecule has 0 unspecified atom stereocenters. The van der Waals surface area contributed by atoms with Gasteiger partial charge in [0.05, 0.1) is 9.80 Å². The van der Waals surface area contributed by atoms with Crippen LogP contribution in [0.2, 0.25) is 0 Å². The zero-order valence-corrected chi connectivity index (χ0v) is 15.6. The second-order valence-corrected chi connectivity index (χ2v) is 7.94. The number of carbonyl (C=O) groups is 2. The molecule has 1 saturated heterocycles. The topological polar surface area (TPSA) is 83.8 Å². The van der Waals surface area contributed by atoms with E-state index in [9.17, 15) is 19.7 Å². The summed E-state index contributed by atoms with van der Waals surface area (Å²) in [7, 11) is 0. The molecule has 0 bridgehead atoms. The summed E-state index contributed by atoms with van der Waals surface area (Å²) in [5.41, 5.74) is 0.0200. The maximum Gasteiger partial charge on any atom is 0.270 e. The van der Waals surface area contributed by atoms with Crippen molar-refractivity contribution in [3.63, 3.8) is 0 Å². The van der Waals surface area contributed by atoms with E-state index < -0.39 is 4.92 Å². The number of hydrogen-bond donors (Lipinski definition) is 0. The van der Waals surface area contributed by atoms with E-state index >= 15 is 0 Å². The molecule has 138 valence electrons. The number of nitro benzene ring substituents is 1. The zero-order chi connectivity index (χ0) is 18.8. The number of nitro groups is 1. The minimum atomic E-state index is -0.438. The van der Waals surface area contributed by atoms with E-state index in [4.69, 9.17) is 0 Å². The second-order valence-electron chi connectivity index (χ2n) is 6.86. The van der Waals surface area contributed by atoms with Crippen LogP contribution in [0, 0.1) is 16.0 Å². The first-order valence-electron chi connectivity index (χ1n) is 8.60. The molecular weight excluding hydrogens is 354 g/mol. The van der Waals surface area contributed by atoms with Crippen LogP contribution in [0.25, 0.3) is 10.1 Å². The molecule has 0 aliphatic carbocycles. The standard InChI is InChI=1S/C18H21N3O4S/c1-12(2)9-17(22)19-5-7-20(8-6-19)18(23)16-11-13-10-14(21(24)25)3-4-15(13)26-16/h3-4,10-12H,5-9H2,1-2H3. The molecule has 0 saturated carbocycles. The van der Waals surface area contributed by atoms with E-state index in [1.54, 1.807) is 17.0 Å². The van der Waals surface area contributed by atoms with Crippen molar-refractivity contribution in [2.24, 2.45) is 5.92 Å². The van der Waals surface area contributed by atoms with Crippen LogP contribution >= 0.6 is 11.3 Å². The Morgan fingerprint density at radius 3 is 2.42 bits per heavy atom. The van der Waals surface area contributed by atoms with E-state index in [1.165, 1.54) is 23.5 Å². The monoisotopic (exact) mass is 375 g/mol. The van der Waals surface area contributed by atoms with Crippen molar-refractivity contribution in [2.75, 3.05) is 26.2 Å². The molecule has 1 aliphatic rings. The van der Waals surface area contributed by atoms with Gasteiger partial charge in [-0.15, -0.1) is 11.3 Å². The molecule has 2 amide bonds. The summed E-state index contributed by atoms with van der Waals surface area (Å²) >= 11 is 1.34. The van der Waals surface area contributed by atoms with Crippen LogP contribution in [0.4, 0.5) is 5.69 Å². The van der Waals surface area contributed by atoms with Crippen LogP contribution in [-0.2, 0) is 4.79 Å². The molecule has 0 radical (unpaired) electrons. The van der Waals surface area contributed by atoms with Crippen molar-refractivity contribution in [1.82, 2.24) is 9.80 Å². The lowest BCUT2D eigenvalue weighted by Gasteiger charge is -2.35. The summed E-state index contributed by atoms with van der Waals surface area (Å²) < 4.78 is 0.852. The number of amides is 2. The van der Waals surface area contributed by atoms with Gasteiger partial charge in [-0.05, 0) is 18.1 Å². The lowest BCUT2D eigenvalue weighted by Crippen LogP contribution is -2.50. The molecule has 7 nitrogen and oxygen atoms in total. The van der Waals surface area contributed by atoms with Crippen LogP contribution in [-0.4, -0.2) is 52.7 Å². The van der Waals surface area contributed by atoms with Crippen LogP contribution in [0.3, 0.4) is 0 Å². The van der Waals surface area contributed by atoms with Crippen LogP contribution in [0.5, 0.6) is 0 Å². The lowest BCUT2D eigenvalue weighted by molar-refractivity contribution is -0.384. The first-order valence-corrected chi connectivity index (χ1v) is 9.42. The fraction of sp³-hybridized carbons (Fsp3) is 0.444. The number of non-ortho nitro benzene ring substituents is 1. The Hall–Kier alpha value is -2.48. The fourth-order valence-electron chi connectivity index (χ4n) is 3.04. The van der Waals surface area contributed by atoms with E-state index in [2.05, 4.69) is 0 Å². The molecule has 0 atom stereocenters. The predicted molar refractivity (Wildman–Crippen MR) is 100 cm³/mol. The highest BCUT2D eigenvalue weighted by Gasteiger charge is 2.26. The number of piperazine rings is 1. The van der Waals surface area contributed by atoms with Crippen molar-refractivity contribution >= 4 is 38.9 Å². The Morgan fingerprint density at radius 2 is 1.81 bits per heavy atom. The van der Waals surface area contributed by atoms with Gasteiger partial charge in [0.1, 0.15) is 0 Å². The van der Waals surface area contributed by atoms with Crippen molar-refractivity contribution in [3.05, 3.63) is 39.3 Å². The van der Waals surface area contributed by atoms with Crippen LogP contribution in [0.15, 0.2) is 24.3 Å². The number of carbonyl (C=O) groups excluding carboxylic acids is 2. The third-order valence-electron chi connectivity index (χ3n) is 4.42. The Kier molecular flexibility index (Phi) is 5.22. The predicted octanol–water partition coefficient (Wildman–Crippen LogP) is 3.14. The van der Waals surface area contributed by atoms with Gasteiger partial charge in [0, 0.05) is 54.8 Å². The summed E-state index contributed by atoms with van der Waals surface area (Å²) in [6, 6.07) is 6.33. The van der Waals surface area contributed by atoms with E-state index in [0.29, 0.717) is 48.8 Å². The zero-order valence-electron chi connectivity index (χ0n) is 14.8. The number of rotatable bonds is 4. The van der Waals surface area contributed by atoms with Gasteiger partial charge in [0.2, 0.25) is 5.91 Å². The Balaban J connectivity index is 1.68. The maximum atomic E-state index is 12.7. The van der Waals surface area contributed by atoms with Crippen LogP contribution < -0.4 is 0 Å². The third-order valence-corrected chi connectivity index (χ3v) is 5.53. The first-order chi connectivity index (χ1) is 12.3. The van der Waals surface area contributed by atoms with Gasteiger partial charge in [-0.1, -0.05) is 13.8 Å². The average molecular weight is 375 g/mol. The number of fused-ring (bicyclic) bond motifs is 1. The molecule has 0 N–H and O–H groups in total. The number of nitrogens with zero attached hydrogens (tertiary/aromatic N) is 3. The summed E-state index contributed by atoms with van der Waals surface area (Å²) in [5.74, 6) is 0.385. The van der Waals surface area contributed by atoms with Crippen molar-refractivity contribution < 1.29 is 14.5 Å². The summed E-state index contributed by atoms with van der Waals surface area (Å²) in [5, 5.41) is 11.6. The van der Waals surface area contributed by atoms with Gasteiger partial charge in [-0.2, -0.15) is 0 Å². The van der Waals surface area contributed by atoms with Gasteiger partial charge >= 0.3 is 0 Å². The minimum absolute atomic E-state index is 0.0200. The normalized spacial score (nSPS) is 14.9. The summed E-state index contributed by atoms with van der Waals surface area (Å²) in [6.07, 6.45) is 0.531. The minimum Gasteiger partial charge on any atom is -0.339 e. The van der Waals surface area contributed by atoms with Gasteiger partial charge in [-0.25, -0.2) is 0 Å². The molecule has 2 aromatic rings. The van der Waals surface area contributed by atoms with Crippen molar-refractivity contribution in [3.8, 4) is 0 Å². The van der Waals surface area contributed by atoms with E-state index in [0.717, 1.165) is 4.70 Å². The molecule has 2 heterocycles. The quantitative estimate of drug-likeness (QED) is 0.607. The number of thiophene rings is 1. The maximum absolute atomic E-state index is 12.7. The summed E-state index contributed by atoms with van der Waals surface area (Å²) in [4.78, 5) is 39.5. The first kappa shape index (κ1) is 18.3. The highest BCUT2D eigenvalue weighted by molar-refractivity contribution is 7.20. The van der Waals surface area contributed by atoms with Gasteiger partial charge < -0.3 is 9.80 Å². The highest BCUT2D eigenvalue weighted by Crippen LogP contribution is 2.30. The summed E-state index contributed by atoms with van der Waals surface area (Å²) in [6.45, 7) is 6.16. The molecule has 1 aromatic carbocycles. The smallest absolute Gasteiger partial charge is 0.270 e. The second kappa shape index (κ2) is 7.41. The van der Waals surface area contributed by atoms with E-state index in [-0.39, 0.29) is 17.5 Å². The molecule has 1 aromatic heterocycles. The van der Waals surface area contributed by atoms with Gasteiger partial charge in [0.25, 0.3) is 11.6 Å². The fourth-order valence-corrected chi connectivity index (χ4v) is 4.05. The molecule has 1 fully saturated rings. The lowest BCUT2D eigenvalue weighted by atomic mass is 10.1. The highest BCUT2D eigenvalue weighted by atomic mass is 32.1. The Labute approximate surface area is 155 Å². The van der Waals surface area contributed by atoms with Gasteiger partial charge in [-0.3, -0.25) is 19.7 Å². The molecular formula is C18H21N3O4S. The molecule has 3 rings (SSSR count). The molecule has 26 heavy (non-hydrogen) atoms. The van der Waals surface area contributed by atoms with Crippen molar-refractivity contribution in [1.29, 1.82) is 0 Å². The average Bonchev–Trinajstić information content (AvgIpc) is 3.03.